The number of hydrogen-bond donors (Lipinski definition) is 2. The fourth-order valence-corrected chi connectivity index (χ4v) is 4.61. The van der Waals surface area contributed by atoms with Gasteiger partial charge in [0.05, 0.1) is 13.3 Å². The van der Waals surface area contributed by atoms with Crippen LogP contribution in [0.15, 0.2) is 53.6 Å². The average molecular weight is 452 g/mol. The fraction of sp³-hybridized carbons (Fsp3) is 0.429. The summed E-state index contributed by atoms with van der Waals surface area (Å²) in [4.78, 5) is 15.3. The van der Waals surface area contributed by atoms with E-state index < -0.39 is 28.3 Å². The summed E-state index contributed by atoms with van der Waals surface area (Å²) in [6.45, 7) is 3.60. The number of aliphatic hydroxyl groups is 1. The molecule has 1 heterocycles. The average Bonchev–Trinajstić information content (AvgIpc) is 2.73. The van der Waals surface area contributed by atoms with E-state index in [0.29, 0.717) is 0 Å². The van der Waals surface area contributed by atoms with Crippen LogP contribution < -0.4 is 10.5 Å². The number of primary amides is 1. The molecule has 0 saturated carbocycles. The molecule has 2 atom stereocenters. The number of nitrogens with two attached hydrogens (primary N) is 1. The minimum atomic E-state index is -3.97. The Hall–Kier alpha value is -2.69. The fourth-order valence-electron chi connectivity index (χ4n) is 3.05. The van der Waals surface area contributed by atoms with Crippen molar-refractivity contribution in [2.24, 2.45) is 11.7 Å². The number of carbonyl (C=O) groups is 1. The molecule has 2 aromatic rings. The van der Waals surface area contributed by atoms with E-state index in [1.54, 1.807) is 0 Å². The smallest absolute Gasteiger partial charge is 0.404 e. The van der Waals surface area contributed by atoms with Crippen LogP contribution >= 0.6 is 0 Å². The second-order valence-corrected chi connectivity index (χ2v) is 9.42. The highest BCUT2D eigenvalue weighted by Crippen LogP contribution is 2.20. The molecular formula is C21H29N3O6S. The lowest BCUT2D eigenvalue weighted by Crippen LogP contribution is -2.46. The van der Waals surface area contributed by atoms with Crippen molar-refractivity contribution in [3.05, 3.63) is 54.2 Å². The molecule has 0 radical (unpaired) electrons. The molecule has 3 N–H and O–H groups in total. The van der Waals surface area contributed by atoms with Crippen molar-refractivity contribution >= 4 is 16.1 Å². The van der Waals surface area contributed by atoms with Crippen LogP contribution in [0.2, 0.25) is 0 Å². The maximum atomic E-state index is 13.2. The van der Waals surface area contributed by atoms with Crippen LogP contribution in [0, 0.1) is 5.92 Å². The zero-order valence-electron chi connectivity index (χ0n) is 17.8. The molecule has 2 unspecified atom stereocenters. The Balaban J connectivity index is 2.27. The lowest BCUT2D eigenvalue weighted by molar-refractivity contribution is -0.00189. The number of pyridine rings is 1. The van der Waals surface area contributed by atoms with Gasteiger partial charge in [-0.1, -0.05) is 44.2 Å². The third-order valence-electron chi connectivity index (χ3n) is 4.49. The third-order valence-corrected chi connectivity index (χ3v) is 6.31. The van der Waals surface area contributed by atoms with Gasteiger partial charge in [0.1, 0.15) is 17.1 Å². The zero-order valence-corrected chi connectivity index (χ0v) is 18.7. The SMILES string of the molecule is COc1ccc(S(=O)(=O)N(CC(C)C)CC(O)C(Cc2ccccc2)OC(N)=O)cn1. The van der Waals surface area contributed by atoms with E-state index in [2.05, 4.69) is 4.98 Å². The van der Waals surface area contributed by atoms with E-state index in [-0.39, 0.29) is 36.2 Å². The van der Waals surface area contributed by atoms with Gasteiger partial charge in [-0.15, -0.1) is 0 Å². The summed E-state index contributed by atoms with van der Waals surface area (Å²) >= 11 is 0. The van der Waals surface area contributed by atoms with Gasteiger partial charge in [0.15, 0.2) is 0 Å². The van der Waals surface area contributed by atoms with Crippen LogP contribution in [0.4, 0.5) is 4.79 Å². The van der Waals surface area contributed by atoms with E-state index in [0.717, 1.165) is 9.87 Å². The number of benzene rings is 1. The lowest BCUT2D eigenvalue weighted by atomic mass is 10.0. The Morgan fingerprint density at radius 3 is 2.35 bits per heavy atom. The third kappa shape index (κ3) is 7.20. The molecular weight excluding hydrogens is 422 g/mol. The summed E-state index contributed by atoms with van der Waals surface area (Å²) < 4.78 is 37.7. The summed E-state index contributed by atoms with van der Waals surface area (Å²) in [5.41, 5.74) is 5.99. The van der Waals surface area contributed by atoms with Gasteiger partial charge in [-0.2, -0.15) is 4.31 Å². The topological polar surface area (TPSA) is 132 Å². The number of methoxy groups -OCH3 is 1. The molecule has 0 spiro atoms. The second kappa shape index (κ2) is 11.1. The molecule has 1 amide bonds. The molecule has 31 heavy (non-hydrogen) atoms. The first-order valence-corrected chi connectivity index (χ1v) is 11.3. The Morgan fingerprint density at radius 1 is 1.16 bits per heavy atom. The van der Waals surface area contributed by atoms with Crippen LogP contribution in [0.5, 0.6) is 5.88 Å². The highest BCUT2D eigenvalue weighted by molar-refractivity contribution is 7.89. The molecule has 2 rings (SSSR count). The highest BCUT2D eigenvalue weighted by atomic mass is 32.2. The first-order valence-electron chi connectivity index (χ1n) is 9.81. The van der Waals surface area contributed by atoms with Crippen LogP contribution in [-0.4, -0.2) is 61.3 Å². The Bertz CT molecular complexity index is 935. The van der Waals surface area contributed by atoms with E-state index in [1.807, 2.05) is 44.2 Å². The molecule has 170 valence electrons. The molecule has 0 fully saturated rings. The highest BCUT2D eigenvalue weighted by Gasteiger charge is 2.32. The summed E-state index contributed by atoms with van der Waals surface area (Å²) in [5.74, 6) is 0.269. The largest absolute Gasteiger partial charge is 0.481 e. The zero-order chi connectivity index (χ0) is 23.0. The van der Waals surface area contributed by atoms with E-state index in [1.165, 1.54) is 25.4 Å². The van der Waals surface area contributed by atoms with Crippen molar-refractivity contribution in [1.82, 2.24) is 9.29 Å². The first kappa shape index (κ1) is 24.6. The molecule has 1 aromatic heterocycles. The number of aromatic nitrogens is 1. The van der Waals surface area contributed by atoms with Gasteiger partial charge in [-0.25, -0.2) is 18.2 Å². The van der Waals surface area contributed by atoms with E-state index in [4.69, 9.17) is 15.2 Å². The molecule has 0 aliphatic rings. The predicted molar refractivity (Wildman–Crippen MR) is 115 cm³/mol. The number of hydrogen-bond acceptors (Lipinski definition) is 7. The van der Waals surface area contributed by atoms with Gasteiger partial charge in [-0.3, -0.25) is 0 Å². The van der Waals surface area contributed by atoms with Crippen LogP contribution in [0.25, 0.3) is 0 Å². The molecule has 9 nitrogen and oxygen atoms in total. The van der Waals surface area contributed by atoms with Crippen molar-refractivity contribution in [2.45, 2.75) is 37.4 Å². The lowest BCUT2D eigenvalue weighted by Gasteiger charge is -2.29. The summed E-state index contributed by atoms with van der Waals surface area (Å²) in [5, 5.41) is 10.8. The number of carbonyl (C=O) groups excluding carboxylic acids is 1. The van der Waals surface area contributed by atoms with E-state index in [9.17, 15) is 18.3 Å². The summed E-state index contributed by atoms with van der Waals surface area (Å²) in [6.07, 6.45) is -1.97. The monoisotopic (exact) mass is 451 g/mol. The second-order valence-electron chi connectivity index (χ2n) is 7.48. The van der Waals surface area contributed by atoms with E-state index >= 15 is 0 Å². The number of aliphatic hydroxyl groups excluding tert-OH is 1. The van der Waals surface area contributed by atoms with Gasteiger partial charge >= 0.3 is 6.09 Å². The summed E-state index contributed by atoms with van der Waals surface area (Å²) in [6, 6.07) is 11.9. The number of amides is 1. The summed E-state index contributed by atoms with van der Waals surface area (Å²) in [7, 11) is -2.53. The Morgan fingerprint density at radius 2 is 1.84 bits per heavy atom. The van der Waals surface area contributed by atoms with Gasteiger partial charge in [0.25, 0.3) is 0 Å². The van der Waals surface area contributed by atoms with Crippen molar-refractivity contribution in [2.75, 3.05) is 20.2 Å². The van der Waals surface area contributed by atoms with Crippen molar-refractivity contribution in [3.63, 3.8) is 0 Å². The maximum Gasteiger partial charge on any atom is 0.404 e. The van der Waals surface area contributed by atoms with Crippen molar-refractivity contribution < 1.29 is 27.8 Å². The number of rotatable bonds is 11. The first-order chi connectivity index (χ1) is 14.6. The van der Waals surface area contributed by atoms with Gasteiger partial charge < -0.3 is 20.3 Å². The van der Waals surface area contributed by atoms with Crippen LogP contribution in [0.3, 0.4) is 0 Å². The molecule has 0 bridgehead atoms. The molecule has 0 aliphatic heterocycles. The predicted octanol–water partition coefficient (Wildman–Crippen LogP) is 1.80. The normalized spacial score (nSPS) is 13.7. The number of ether oxygens (including phenoxy) is 2. The maximum absolute atomic E-state index is 13.2. The Kier molecular flexibility index (Phi) is 8.78. The van der Waals surface area contributed by atoms with Crippen molar-refractivity contribution in [1.29, 1.82) is 0 Å². The minimum Gasteiger partial charge on any atom is -0.481 e. The Labute approximate surface area is 182 Å². The molecule has 10 heteroatoms. The molecule has 0 aliphatic carbocycles. The molecule has 1 aromatic carbocycles. The van der Waals surface area contributed by atoms with Gasteiger partial charge in [0, 0.05) is 25.6 Å². The van der Waals surface area contributed by atoms with Crippen molar-refractivity contribution in [3.8, 4) is 5.88 Å². The number of sulfonamides is 1. The van der Waals surface area contributed by atoms with Crippen LogP contribution in [-0.2, 0) is 21.2 Å². The standard InChI is InChI=1S/C21H29N3O6S/c1-15(2)13-24(31(27,28)17-9-10-20(29-3)23-12-17)14-18(25)19(30-21(22)26)11-16-7-5-4-6-8-16/h4-10,12,15,18-19,25H,11,13-14H2,1-3H3,(H2,22,26). The quantitative estimate of drug-likeness (QED) is 0.532. The van der Waals surface area contributed by atoms with Gasteiger partial charge in [0.2, 0.25) is 15.9 Å². The minimum absolute atomic E-state index is 0.0159. The molecule has 0 saturated heterocycles. The number of nitrogens with zero attached hydrogens (tertiary/aromatic N) is 2. The van der Waals surface area contributed by atoms with Gasteiger partial charge in [-0.05, 0) is 17.5 Å². The van der Waals surface area contributed by atoms with Crippen LogP contribution in [0.1, 0.15) is 19.4 Å².